The zero-order chi connectivity index (χ0) is 20.7. The summed E-state index contributed by atoms with van der Waals surface area (Å²) in [5.74, 6) is -1.51. The summed E-state index contributed by atoms with van der Waals surface area (Å²) >= 11 is 0. The van der Waals surface area contributed by atoms with E-state index in [4.69, 9.17) is 14.7 Å². The van der Waals surface area contributed by atoms with Gasteiger partial charge in [0.15, 0.2) is 11.9 Å². The maximum Gasteiger partial charge on any atom is 0.339 e. The predicted molar refractivity (Wildman–Crippen MR) is 98.9 cm³/mol. The molecular formula is C19H17N3O6. The summed E-state index contributed by atoms with van der Waals surface area (Å²) in [4.78, 5) is 35.0. The lowest BCUT2D eigenvalue weighted by atomic mass is 10.2. The van der Waals surface area contributed by atoms with Crippen LogP contribution < -0.4 is 10.1 Å². The summed E-state index contributed by atoms with van der Waals surface area (Å²) in [7, 11) is 0. The fourth-order valence-electron chi connectivity index (χ4n) is 2.27. The topological polar surface area (TPSA) is 132 Å². The van der Waals surface area contributed by atoms with Gasteiger partial charge < -0.3 is 14.8 Å². The van der Waals surface area contributed by atoms with Crippen LogP contribution in [0.15, 0.2) is 42.5 Å². The molecule has 0 spiro atoms. The van der Waals surface area contributed by atoms with Crippen LogP contribution in [0.4, 0.5) is 11.4 Å². The van der Waals surface area contributed by atoms with Crippen molar-refractivity contribution in [2.75, 3.05) is 11.9 Å². The summed E-state index contributed by atoms with van der Waals surface area (Å²) in [5, 5.41) is 22.7. The summed E-state index contributed by atoms with van der Waals surface area (Å²) < 4.78 is 10.2. The van der Waals surface area contributed by atoms with E-state index in [0.29, 0.717) is 0 Å². The summed E-state index contributed by atoms with van der Waals surface area (Å²) in [5.41, 5.74) is 0.0784. The molecule has 0 aliphatic carbocycles. The van der Waals surface area contributed by atoms with E-state index in [-0.39, 0.29) is 34.9 Å². The lowest BCUT2D eigenvalue weighted by Crippen LogP contribution is -2.30. The standard InChI is InChI=1S/C19H17N3O6/c1-3-27-17-9-8-13(10-16(17)22(25)26)19(24)28-12(2)18(23)21-15-7-5-4-6-14(15)11-20/h4-10,12H,3H2,1-2H3,(H,21,23)/t12-/m0/s1. The Labute approximate surface area is 160 Å². The van der Waals surface area contributed by atoms with Gasteiger partial charge in [-0.25, -0.2) is 4.79 Å². The molecular weight excluding hydrogens is 366 g/mol. The van der Waals surface area contributed by atoms with Crippen molar-refractivity contribution in [2.24, 2.45) is 0 Å². The first-order valence-corrected chi connectivity index (χ1v) is 8.29. The molecule has 0 bridgehead atoms. The van der Waals surface area contributed by atoms with Gasteiger partial charge in [0.2, 0.25) is 0 Å². The molecule has 2 rings (SSSR count). The van der Waals surface area contributed by atoms with E-state index in [1.54, 1.807) is 25.1 Å². The zero-order valence-electron chi connectivity index (χ0n) is 15.2. The first kappa shape index (κ1) is 20.4. The van der Waals surface area contributed by atoms with Crippen molar-refractivity contribution in [2.45, 2.75) is 20.0 Å². The number of nitro benzene ring substituents is 1. The minimum atomic E-state index is -1.19. The molecule has 0 aromatic heterocycles. The number of hydrogen-bond donors (Lipinski definition) is 1. The second kappa shape index (κ2) is 9.14. The van der Waals surface area contributed by atoms with Crippen LogP contribution in [0.25, 0.3) is 0 Å². The molecule has 0 aliphatic rings. The Hall–Kier alpha value is -3.93. The Morgan fingerprint density at radius 3 is 2.64 bits per heavy atom. The number of nitrogens with zero attached hydrogens (tertiary/aromatic N) is 2. The second-order valence-corrected chi connectivity index (χ2v) is 5.57. The Morgan fingerprint density at radius 1 is 1.29 bits per heavy atom. The van der Waals surface area contributed by atoms with E-state index < -0.39 is 22.9 Å². The molecule has 9 heteroatoms. The Balaban J connectivity index is 2.11. The van der Waals surface area contributed by atoms with Crippen molar-refractivity contribution in [1.29, 1.82) is 5.26 Å². The number of nitriles is 1. The van der Waals surface area contributed by atoms with Crippen LogP contribution in [-0.2, 0) is 9.53 Å². The van der Waals surface area contributed by atoms with Gasteiger partial charge in [0.25, 0.3) is 5.91 Å². The molecule has 2 aromatic rings. The summed E-state index contributed by atoms with van der Waals surface area (Å²) in [6, 6.07) is 12.0. The SMILES string of the molecule is CCOc1ccc(C(=O)O[C@@H](C)C(=O)Nc2ccccc2C#N)cc1[N+](=O)[O-]. The lowest BCUT2D eigenvalue weighted by Gasteiger charge is -2.14. The van der Waals surface area contributed by atoms with Crippen LogP contribution in [0, 0.1) is 21.4 Å². The molecule has 1 atom stereocenters. The normalized spacial score (nSPS) is 11.0. The maximum atomic E-state index is 12.3. The number of rotatable bonds is 7. The third-order valence-corrected chi connectivity index (χ3v) is 3.65. The molecule has 144 valence electrons. The minimum absolute atomic E-state index is 0.0305. The number of carbonyl (C=O) groups is 2. The van der Waals surface area contributed by atoms with Gasteiger partial charge in [0.1, 0.15) is 6.07 Å². The number of benzene rings is 2. The van der Waals surface area contributed by atoms with E-state index >= 15 is 0 Å². The quantitative estimate of drug-likeness (QED) is 0.441. The average Bonchev–Trinajstić information content (AvgIpc) is 2.68. The van der Waals surface area contributed by atoms with E-state index in [9.17, 15) is 19.7 Å². The number of hydrogen-bond acceptors (Lipinski definition) is 7. The highest BCUT2D eigenvalue weighted by molar-refractivity contribution is 5.98. The van der Waals surface area contributed by atoms with Gasteiger partial charge in [-0.2, -0.15) is 5.26 Å². The van der Waals surface area contributed by atoms with Crippen molar-refractivity contribution in [3.05, 3.63) is 63.7 Å². The van der Waals surface area contributed by atoms with Crippen LogP contribution >= 0.6 is 0 Å². The van der Waals surface area contributed by atoms with Crippen LogP contribution in [-0.4, -0.2) is 29.5 Å². The Bertz CT molecular complexity index is 951. The van der Waals surface area contributed by atoms with Crippen LogP contribution in [0.3, 0.4) is 0 Å². The van der Waals surface area contributed by atoms with Gasteiger partial charge >= 0.3 is 11.7 Å². The number of nitrogens with one attached hydrogen (secondary N) is 1. The van der Waals surface area contributed by atoms with Gasteiger partial charge in [0.05, 0.1) is 28.3 Å². The fourth-order valence-corrected chi connectivity index (χ4v) is 2.27. The molecule has 0 unspecified atom stereocenters. The zero-order valence-corrected chi connectivity index (χ0v) is 15.2. The van der Waals surface area contributed by atoms with Crippen LogP contribution in [0.1, 0.15) is 29.8 Å². The molecule has 0 fully saturated rings. The van der Waals surface area contributed by atoms with Gasteiger partial charge in [-0.1, -0.05) is 12.1 Å². The molecule has 0 aliphatic heterocycles. The monoisotopic (exact) mass is 383 g/mol. The molecule has 0 saturated heterocycles. The minimum Gasteiger partial charge on any atom is -0.487 e. The number of amides is 1. The number of para-hydroxylation sites is 1. The highest BCUT2D eigenvalue weighted by atomic mass is 16.6. The van der Waals surface area contributed by atoms with Gasteiger partial charge in [-0.15, -0.1) is 0 Å². The number of anilines is 1. The lowest BCUT2D eigenvalue weighted by molar-refractivity contribution is -0.385. The third kappa shape index (κ3) is 4.82. The number of nitro groups is 1. The second-order valence-electron chi connectivity index (χ2n) is 5.57. The van der Waals surface area contributed by atoms with Gasteiger partial charge in [-0.05, 0) is 38.1 Å². The van der Waals surface area contributed by atoms with Crippen LogP contribution in [0.5, 0.6) is 5.75 Å². The van der Waals surface area contributed by atoms with Crippen molar-refractivity contribution >= 4 is 23.3 Å². The Morgan fingerprint density at radius 2 is 2.00 bits per heavy atom. The van der Waals surface area contributed by atoms with Gasteiger partial charge in [-0.3, -0.25) is 14.9 Å². The summed E-state index contributed by atoms with van der Waals surface area (Å²) in [6.07, 6.45) is -1.19. The molecule has 1 N–H and O–H groups in total. The van der Waals surface area contributed by atoms with E-state index in [1.165, 1.54) is 25.1 Å². The molecule has 0 heterocycles. The molecule has 28 heavy (non-hydrogen) atoms. The first-order valence-electron chi connectivity index (χ1n) is 8.29. The first-order chi connectivity index (χ1) is 13.4. The molecule has 1 amide bonds. The average molecular weight is 383 g/mol. The fraction of sp³-hybridized carbons (Fsp3) is 0.211. The van der Waals surface area contributed by atoms with Crippen molar-refractivity contribution in [3.8, 4) is 11.8 Å². The summed E-state index contributed by atoms with van der Waals surface area (Å²) in [6.45, 7) is 3.26. The number of carbonyl (C=O) groups excluding carboxylic acids is 2. The smallest absolute Gasteiger partial charge is 0.339 e. The molecule has 0 saturated carbocycles. The van der Waals surface area contributed by atoms with E-state index in [0.717, 1.165) is 6.07 Å². The van der Waals surface area contributed by atoms with E-state index in [2.05, 4.69) is 5.32 Å². The molecule has 2 aromatic carbocycles. The van der Waals surface area contributed by atoms with Crippen molar-refractivity contribution in [1.82, 2.24) is 0 Å². The van der Waals surface area contributed by atoms with Crippen LogP contribution in [0.2, 0.25) is 0 Å². The van der Waals surface area contributed by atoms with Crippen molar-refractivity contribution < 1.29 is 24.0 Å². The van der Waals surface area contributed by atoms with Gasteiger partial charge in [0, 0.05) is 6.07 Å². The highest BCUT2D eigenvalue weighted by Crippen LogP contribution is 2.28. The Kier molecular flexibility index (Phi) is 6.65. The number of esters is 1. The molecule has 0 radical (unpaired) electrons. The third-order valence-electron chi connectivity index (χ3n) is 3.65. The molecule has 9 nitrogen and oxygen atoms in total. The predicted octanol–water partition coefficient (Wildman–Crippen LogP) is 3.05. The largest absolute Gasteiger partial charge is 0.487 e. The van der Waals surface area contributed by atoms with E-state index in [1.807, 2.05) is 6.07 Å². The van der Waals surface area contributed by atoms with Crippen molar-refractivity contribution in [3.63, 3.8) is 0 Å². The number of ether oxygens (including phenoxy) is 2. The maximum absolute atomic E-state index is 12.3. The highest BCUT2D eigenvalue weighted by Gasteiger charge is 2.23.